The lowest BCUT2D eigenvalue weighted by molar-refractivity contribution is -0.384. The van der Waals surface area contributed by atoms with E-state index in [4.69, 9.17) is 4.74 Å². The second kappa shape index (κ2) is 9.68. The highest BCUT2D eigenvalue weighted by Gasteiger charge is 2.42. The third-order valence-electron chi connectivity index (χ3n) is 5.76. The van der Waals surface area contributed by atoms with Gasteiger partial charge in [0, 0.05) is 44.0 Å². The van der Waals surface area contributed by atoms with E-state index in [1.165, 1.54) is 18.2 Å². The van der Waals surface area contributed by atoms with Gasteiger partial charge in [0.15, 0.2) is 5.92 Å². The first-order valence-corrected chi connectivity index (χ1v) is 10.8. The van der Waals surface area contributed by atoms with Gasteiger partial charge in [-0.05, 0) is 24.6 Å². The standard InChI is InChI=1S/C23H25N5O5/c1-2-33-22(30)19-20(16-7-6-10-18(15-16)28(31)32)24-23(25-21(19)29)27-13-11-26(12-14-27)17-8-4-3-5-9-17/h3-10,15,19-20H,2,11-14H2,1H3,(H,24,25,29)/t19-,20-/m0/s1. The highest BCUT2D eigenvalue weighted by molar-refractivity contribution is 6.08. The summed E-state index contributed by atoms with van der Waals surface area (Å²) in [4.78, 5) is 45.2. The van der Waals surface area contributed by atoms with Crippen molar-refractivity contribution in [3.8, 4) is 0 Å². The van der Waals surface area contributed by atoms with Crippen LogP contribution in [0.1, 0.15) is 18.5 Å². The van der Waals surface area contributed by atoms with E-state index in [1.54, 1.807) is 13.0 Å². The quantitative estimate of drug-likeness (QED) is 0.320. The Bertz CT molecular complexity index is 1070. The number of hydrogen-bond donors (Lipinski definition) is 1. The van der Waals surface area contributed by atoms with Crippen LogP contribution in [0.4, 0.5) is 11.4 Å². The van der Waals surface area contributed by atoms with Crippen LogP contribution in [-0.4, -0.2) is 60.4 Å². The van der Waals surface area contributed by atoms with Gasteiger partial charge >= 0.3 is 5.97 Å². The molecule has 0 unspecified atom stereocenters. The molecule has 10 heteroatoms. The molecule has 1 amide bonds. The molecule has 2 aliphatic rings. The highest BCUT2D eigenvalue weighted by atomic mass is 16.6. The van der Waals surface area contributed by atoms with Crippen molar-refractivity contribution in [2.24, 2.45) is 10.9 Å². The van der Waals surface area contributed by atoms with Crippen LogP contribution in [0.5, 0.6) is 0 Å². The lowest BCUT2D eigenvalue weighted by atomic mass is 9.91. The Labute approximate surface area is 191 Å². The fourth-order valence-corrected chi connectivity index (χ4v) is 4.10. The van der Waals surface area contributed by atoms with Crippen molar-refractivity contribution in [1.82, 2.24) is 10.2 Å². The number of piperazine rings is 1. The SMILES string of the molecule is CCOC(=O)[C@@H]1C(=O)NC(N2CCN(c3ccccc3)CC2)=N[C@H]1c1cccc([N+](=O)[O-])c1. The van der Waals surface area contributed by atoms with Gasteiger partial charge in [0.25, 0.3) is 5.69 Å². The van der Waals surface area contributed by atoms with Gasteiger partial charge < -0.3 is 14.5 Å². The molecular weight excluding hydrogens is 426 g/mol. The van der Waals surface area contributed by atoms with Gasteiger partial charge in [-0.3, -0.25) is 25.0 Å². The van der Waals surface area contributed by atoms with Gasteiger partial charge in [-0.15, -0.1) is 0 Å². The van der Waals surface area contributed by atoms with Crippen LogP contribution in [0.2, 0.25) is 0 Å². The topological polar surface area (TPSA) is 117 Å². The zero-order chi connectivity index (χ0) is 23.4. The smallest absolute Gasteiger partial charge is 0.321 e. The average Bonchev–Trinajstić information content (AvgIpc) is 2.84. The van der Waals surface area contributed by atoms with E-state index in [0.717, 1.165) is 18.8 Å². The Hall–Kier alpha value is -3.95. The number of non-ortho nitro benzene ring substituents is 1. The molecule has 10 nitrogen and oxygen atoms in total. The summed E-state index contributed by atoms with van der Waals surface area (Å²) in [5.41, 5.74) is 1.41. The molecule has 33 heavy (non-hydrogen) atoms. The molecule has 0 saturated carbocycles. The molecule has 2 aromatic rings. The summed E-state index contributed by atoms with van der Waals surface area (Å²) in [6.07, 6.45) is 0. The van der Waals surface area contributed by atoms with Crippen LogP contribution in [-0.2, 0) is 14.3 Å². The van der Waals surface area contributed by atoms with E-state index in [2.05, 4.69) is 27.3 Å². The molecule has 1 N–H and O–H groups in total. The van der Waals surface area contributed by atoms with Crippen molar-refractivity contribution in [2.75, 3.05) is 37.7 Å². The molecule has 1 saturated heterocycles. The van der Waals surface area contributed by atoms with E-state index < -0.39 is 28.8 Å². The van der Waals surface area contributed by atoms with Crippen LogP contribution in [0.25, 0.3) is 0 Å². The Morgan fingerprint density at radius 3 is 2.48 bits per heavy atom. The molecule has 0 spiro atoms. The number of nitrogens with zero attached hydrogens (tertiary/aromatic N) is 4. The maximum atomic E-state index is 13.0. The summed E-state index contributed by atoms with van der Waals surface area (Å²) in [6.45, 7) is 4.49. The second-order valence-electron chi connectivity index (χ2n) is 7.78. The van der Waals surface area contributed by atoms with Crippen LogP contribution >= 0.6 is 0 Å². The number of rotatable bonds is 5. The molecule has 0 aliphatic carbocycles. The van der Waals surface area contributed by atoms with E-state index in [9.17, 15) is 19.7 Å². The first-order valence-electron chi connectivity index (χ1n) is 10.8. The fourth-order valence-electron chi connectivity index (χ4n) is 4.10. The predicted molar refractivity (Wildman–Crippen MR) is 122 cm³/mol. The number of anilines is 1. The van der Waals surface area contributed by atoms with Gasteiger partial charge in [0.2, 0.25) is 11.9 Å². The third kappa shape index (κ3) is 4.79. The van der Waals surface area contributed by atoms with Gasteiger partial charge in [-0.1, -0.05) is 30.3 Å². The third-order valence-corrected chi connectivity index (χ3v) is 5.76. The first kappa shape index (κ1) is 22.3. The Balaban J connectivity index is 1.60. The maximum Gasteiger partial charge on any atom is 0.321 e. The van der Waals surface area contributed by atoms with E-state index in [0.29, 0.717) is 24.6 Å². The number of aliphatic imine (C=N–C) groups is 1. The summed E-state index contributed by atoms with van der Waals surface area (Å²) in [7, 11) is 0. The number of hydrogen-bond acceptors (Lipinski definition) is 8. The van der Waals surface area contributed by atoms with Gasteiger partial charge in [-0.2, -0.15) is 0 Å². The van der Waals surface area contributed by atoms with Crippen molar-refractivity contribution in [3.63, 3.8) is 0 Å². The Morgan fingerprint density at radius 1 is 1.12 bits per heavy atom. The molecule has 2 atom stereocenters. The molecule has 2 heterocycles. The van der Waals surface area contributed by atoms with E-state index >= 15 is 0 Å². The first-order chi connectivity index (χ1) is 16.0. The number of nitro benzene ring substituents is 1. The fraction of sp³-hybridized carbons (Fsp3) is 0.348. The molecule has 4 rings (SSSR count). The minimum absolute atomic E-state index is 0.113. The van der Waals surface area contributed by atoms with Crippen molar-refractivity contribution >= 4 is 29.2 Å². The molecule has 0 radical (unpaired) electrons. The molecular formula is C23H25N5O5. The molecule has 172 valence electrons. The van der Waals surface area contributed by atoms with Crippen molar-refractivity contribution in [3.05, 3.63) is 70.3 Å². The van der Waals surface area contributed by atoms with Crippen molar-refractivity contribution in [2.45, 2.75) is 13.0 Å². The lowest BCUT2D eigenvalue weighted by Gasteiger charge is -2.39. The molecule has 2 aliphatic heterocycles. The highest BCUT2D eigenvalue weighted by Crippen LogP contribution is 2.32. The maximum absolute atomic E-state index is 13.0. The van der Waals surface area contributed by atoms with Crippen LogP contribution in [0.3, 0.4) is 0 Å². The molecule has 0 bridgehead atoms. The molecule has 1 fully saturated rings. The van der Waals surface area contributed by atoms with E-state index in [-0.39, 0.29) is 12.3 Å². The summed E-state index contributed by atoms with van der Waals surface area (Å²) < 4.78 is 5.10. The number of nitrogens with one attached hydrogen (secondary N) is 1. The number of ether oxygens (including phenoxy) is 1. The normalized spacial score (nSPS) is 20.6. The Kier molecular flexibility index (Phi) is 6.53. The summed E-state index contributed by atoms with van der Waals surface area (Å²) in [6, 6.07) is 15.0. The Morgan fingerprint density at radius 2 is 1.82 bits per heavy atom. The predicted octanol–water partition coefficient (Wildman–Crippen LogP) is 2.12. The van der Waals surface area contributed by atoms with Crippen LogP contribution < -0.4 is 10.2 Å². The minimum Gasteiger partial charge on any atom is -0.465 e. The van der Waals surface area contributed by atoms with Gasteiger partial charge in [0.05, 0.1) is 11.5 Å². The van der Waals surface area contributed by atoms with Gasteiger partial charge in [-0.25, -0.2) is 4.99 Å². The second-order valence-corrected chi connectivity index (χ2v) is 7.78. The summed E-state index contributed by atoms with van der Waals surface area (Å²) in [5, 5.41) is 14.0. The monoisotopic (exact) mass is 451 g/mol. The van der Waals surface area contributed by atoms with Crippen molar-refractivity contribution < 1.29 is 19.2 Å². The lowest BCUT2D eigenvalue weighted by Crippen LogP contribution is -2.57. The van der Waals surface area contributed by atoms with Crippen LogP contribution in [0, 0.1) is 16.0 Å². The summed E-state index contributed by atoms with van der Waals surface area (Å²) >= 11 is 0. The molecule has 0 aromatic heterocycles. The largest absolute Gasteiger partial charge is 0.465 e. The number of carbonyl (C=O) groups is 2. The average molecular weight is 451 g/mol. The summed E-state index contributed by atoms with van der Waals surface area (Å²) in [5.74, 6) is -2.09. The number of guanidine groups is 1. The number of carbonyl (C=O) groups excluding carboxylic acids is 2. The number of esters is 1. The minimum atomic E-state index is -1.22. The number of amides is 1. The zero-order valence-electron chi connectivity index (χ0n) is 18.2. The number of para-hydroxylation sites is 1. The van der Waals surface area contributed by atoms with E-state index in [1.807, 2.05) is 23.1 Å². The number of benzene rings is 2. The number of nitro groups is 1. The van der Waals surface area contributed by atoms with Crippen molar-refractivity contribution in [1.29, 1.82) is 0 Å². The zero-order valence-corrected chi connectivity index (χ0v) is 18.2. The molecule has 2 aromatic carbocycles. The van der Waals surface area contributed by atoms with Crippen LogP contribution in [0.15, 0.2) is 59.6 Å². The van der Waals surface area contributed by atoms with Gasteiger partial charge in [0.1, 0.15) is 6.04 Å².